The zero-order chi connectivity index (χ0) is 17.4. The second kappa shape index (κ2) is 8.86. The zero-order valence-electron chi connectivity index (χ0n) is 14.4. The van der Waals surface area contributed by atoms with Crippen molar-refractivity contribution >= 4 is 11.9 Å². The molecule has 0 bridgehead atoms. The number of nitrogens with one attached hydrogen (secondary N) is 2. The number of anilines is 1. The Labute approximate surface area is 142 Å². The van der Waals surface area contributed by atoms with Crippen LogP contribution in [0.5, 0.6) is 5.75 Å². The van der Waals surface area contributed by atoms with Crippen molar-refractivity contribution in [1.29, 1.82) is 0 Å². The zero-order valence-corrected chi connectivity index (χ0v) is 14.4. The number of nitrogens with zero attached hydrogens (tertiary/aromatic N) is 2. The van der Waals surface area contributed by atoms with Gasteiger partial charge in [-0.3, -0.25) is 4.79 Å². The molecule has 0 saturated carbocycles. The number of amides is 1. The number of methoxy groups -OCH3 is 1. The molecule has 0 aliphatic heterocycles. The molecule has 1 unspecified atom stereocenters. The lowest BCUT2D eigenvalue weighted by Gasteiger charge is -2.11. The van der Waals surface area contributed by atoms with E-state index in [0.29, 0.717) is 18.2 Å². The monoisotopic (exact) mass is 328 g/mol. The number of ether oxygens (including phenoxy) is 1. The molecule has 0 aliphatic carbocycles. The summed E-state index contributed by atoms with van der Waals surface area (Å²) in [7, 11) is 1.65. The van der Waals surface area contributed by atoms with Crippen molar-refractivity contribution in [1.82, 2.24) is 15.3 Å². The average Bonchev–Trinajstić information content (AvgIpc) is 2.62. The minimum absolute atomic E-state index is 0.122. The van der Waals surface area contributed by atoms with Gasteiger partial charge in [-0.05, 0) is 43.5 Å². The highest BCUT2D eigenvalue weighted by atomic mass is 16.5. The molecular formula is C18H24N4O2. The molecule has 2 aromatic rings. The summed E-state index contributed by atoms with van der Waals surface area (Å²) in [5.41, 5.74) is 1.53. The Morgan fingerprint density at radius 1 is 1.33 bits per heavy atom. The molecule has 24 heavy (non-hydrogen) atoms. The first kappa shape index (κ1) is 17.7. The van der Waals surface area contributed by atoms with Crippen LogP contribution in [0.2, 0.25) is 0 Å². The van der Waals surface area contributed by atoms with Crippen LogP contribution in [-0.4, -0.2) is 35.6 Å². The van der Waals surface area contributed by atoms with Crippen LogP contribution < -0.4 is 15.4 Å². The summed E-state index contributed by atoms with van der Waals surface area (Å²) < 4.78 is 5.21. The summed E-state index contributed by atoms with van der Waals surface area (Å²) in [6.07, 6.45) is 3.28. The smallest absolute Gasteiger partial charge is 0.270 e. The first-order valence-corrected chi connectivity index (χ1v) is 8.13. The summed E-state index contributed by atoms with van der Waals surface area (Å²) >= 11 is 0. The molecule has 6 heteroatoms. The summed E-state index contributed by atoms with van der Waals surface area (Å²) in [6.45, 7) is 4.66. The van der Waals surface area contributed by atoms with Crippen LogP contribution in [0.25, 0.3) is 0 Å². The first-order chi connectivity index (χ1) is 11.6. The van der Waals surface area contributed by atoms with E-state index in [2.05, 4.69) is 20.6 Å². The normalized spacial score (nSPS) is 11.6. The van der Waals surface area contributed by atoms with Gasteiger partial charge in [-0.25, -0.2) is 9.97 Å². The maximum absolute atomic E-state index is 12.1. The molecule has 0 radical (unpaired) electrons. The maximum atomic E-state index is 12.1. The Hall–Kier alpha value is -2.63. The average molecular weight is 328 g/mol. The molecule has 2 rings (SSSR count). The number of carbonyl (C=O) groups excluding carboxylic acids is 1. The Kier molecular flexibility index (Phi) is 6.54. The highest BCUT2D eigenvalue weighted by Crippen LogP contribution is 2.13. The molecule has 0 fully saturated rings. The summed E-state index contributed by atoms with van der Waals surface area (Å²) in [6, 6.07) is 9.66. The van der Waals surface area contributed by atoms with Gasteiger partial charge in [-0.1, -0.05) is 19.1 Å². The Bertz CT molecular complexity index is 676. The van der Waals surface area contributed by atoms with Gasteiger partial charge >= 0.3 is 0 Å². The van der Waals surface area contributed by atoms with Crippen molar-refractivity contribution in [3.63, 3.8) is 0 Å². The Balaban J connectivity index is 1.91. The molecule has 1 aromatic carbocycles. The third-order valence-electron chi connectivity index (χ3n) is 3.71. The molecule has 0 saturated heterocycles. The molecule has 1 atom stereocenters. The van der Waals surface area contributed by atoms with E-state index in [0.717, 1.165) is 24.2 Å². The van der Waals surface area contributed by atoms with E-state index < -0.39 is 0 Å². The minimum atomic E-state index is -0.178. The fourth-order valence-electron chi connectivity index (χ4n) is 2.12. The molecule has 128 valence electrons. The molecule has 6 nitrogen and oxygen atoms in total. The third-order valence-corrected chi connectivity index (χ3v) is 3.71. The highest BCUT2D eigenvalue weighted by molar-refractivity contribution is 5.92. The second-order valence-corrected chi connectivity index (χ2v) is 5.58. The van der Waals surface area contributed by atoms with E-state index >= 15 is 0 Å². The number of rotatable bonds is 8. The lowest BCUT2D eigenvalue weighted by atomic mass is 10.1. The van der Waals surface area contributed by atoms with Crippen LogP contribution >= 0.6 is 0 Å². The van der Waals surface area contributed by atoms with Gasteiger partial charge in [-0.2, -0.15) is 0 Å². The van der Waals surface area contributed by atoms with Crippen LogP contribution in [0.15, 0.2) is 36.5 Å². The number of hydrogen-bond acceptors (Lipinski definition) is 5. The van der Waals surface area contributed by atoms with Gasteiger partial charge in [0.25, 0.3) is 5.91 Å². The predicted molar refractivity (Wildman–Crippen MR) is 94.4 cm³/mol. The fourth-order valence-corrected chi connectivity index (χ4v) is 2.12. The van der Waals surface area contributed by atoms with Gasteiger partial charge in [0.2, 0.25) is 5.95 Å². The van der Waals surface area contributed by atoms with E-state index in [1.807, 2.05) is 38.1 Å². The molecule has 1 amide bonds. The summed E-state index contributed by atoms with van der Waals surface area (Å²) in [4.78, 5) is 20.5. The first-order valence-electron chi connectivity index (χ1n) is 8.13. The van der Waals surface area contributed by atoms with E-state index in [9.17, 15) is 4.79 Å². The van der Waals surface area contributed by atoms with Crippen LogP contribution in [-0.2, 0) is 6.42 Å². The van der Waals surface area contributed by atoms with Crippen molar-refractivity contribution < 1.29 is 9.53 Å². The molecule has 2 N–H and O–H groups in total. The maximum Gasteiger partial charge on any atom is 0.270 e. The lowest BCUT2D eigenvalue weighted by molar-refractivity contribution is 0.0934. The molecule has 1 aromatic heterocycles. The van der Waals surface area contributed by atoms with Gasteiger partial charge in [-0.15, -0.1) is 0 Å². The van der Waals surface area contributed by atoms with E-state index in [-0.39, 0.29) is 11.9 Å². The predicted octanol–water partition coefficient (Wildman–Crippen LogP) is 2.67. The van der Waals surface area contributed by atoms with E-state index in [1.54, 1.807) is 19.4 Å². The van der Waals surface area contributed by atoms with Crippen molar-refractivity contribution in [3.8, 4) is 5.75 Å². The third kappa shape index (κ3) is 5.22. The van der Waals surface area contributed by atoms with E-state index in [4.69, 9.17) is 4.74 Å². The van der Waals surface area contributed by atoms with Crippen LogP contribution in [0.1, 0.15) is 36.3 Å². The quantitative estimate of drug-likeness (QED) is 0.779. The topological polar surface area (TPSA) is 76.1 Å². The minimum Gasteiger partial charge on any atom is -0.497 e. The SMILES string of the molecule is CCC(C)NC(=O)c1ccnc(NCCc2cccc(OC)c2)n1. The molecule has 0 spiro atoms. The number of benzene rings is 1. The van der Waals surface area contributed by atoms with Gasteiger partial charge < -0.3 is 15.4 Å². The summed E-state index contributed by atoms with van der Waals surface area (Å²) in [5, 5.41) is 6.05. The summed E-state index contributed by atoms with van der Waals surface area (Å²) in [5.74, 6) is 1.12. The van der Waals surface area contributed by atoms with Crippen LogP contribution in [0.4, 0.5) is 5.95 Å². The molecule has 1 heterocycles. The van der Waals surface area contributed by atoms with Crippen molar-refractivity contribution in [2.45, 2.75) is 32.7 Å². The van der Waals surface area contributed by atoms with Gasteiger partial charge in [0, 0.05) is 18.8 Å². The number of aromatic nitrogens is 2. The Morgan fingerprint density at radius 2 is 2.17 bits per heavy atom. The molecular weight excluding hydrogens is 304 g/mol. The van der Waals surface area contributed by atoms with Gasteiger partial charge in [0.15, 0.2) is 0 Å². The van der Waals surface area contributed by atoms with Gasteiger partial charge in [0.05, 0.1) is 7.11 Å². The van der Waals surface area contributed by atoms with Gasteiger partial charge in [0.1, 0.15) is 11.4 Å². The lowest BCUT2D eigenvalue weighted by Crippen LogP contribution is -2.32. The second-order valence-electron chi connectivity index (χ2n) is 5.58. The standard InChI is InChI=1S/C18H24N4O2/c1-4-13(2)21-17(23)16-9-11-20-18(22-16)19-10-8-14-6-5-7-15(12-14)24-3/h5-7,9,11-13H,4,8,10H2,1-3H3,(H,21,23)(H,19,20,22). The highest BCUT2D eigenvalue weighted by Gasteiger charge is 2.10. The van der Waals surface area contributed by atoms with Crippen molar-refractivity contribution in [2.24, 2.45) is 0 Å². The van der Waals surface area contributed by atoms with Crippen molar-refractivity contribution in [2.75, 3.05) is 19.0 Å². The molecule has 0 aliphatic rings. The van der Waals surface area contributed by atoms with Crippen LogP contribution in [0, 0.1) is 0 Å². The number of hydrogen-bond donors (Lipinski definition) is 2. The Morgan fingerprint density at radius 3 is 2.92 bits per heavy atom. The van der Waals surface area contributed by atoms with E-state index in [1.165, 1.54) is 0 Å². The largest absolute Gasteiger partial charge is 0.497 e. The van der Waals surface area contributed by atoms with Crippen molar-refractivity contribution in [3.05, 3.63) is 47.8 Å². The number of carbonyl (C=O) groups is 1. The van der Waals surface area contributed by atoms with Crippen LogP contribution in [0.3, 0.4) is 0 Å². The fraction of sp³-hybridized carbons (Fsp3) is 0.389.